The summed E-state index contributed by atoms with van der Waals surface area (Å²) in [7, 11) is 0. The van der Waals surface area contributed by atoms with Crippen LogP contribution in [-0.4, -0.2) is 30.4 Å². The molecule has 1 atom stereocenters. The van der Waals surface area contributed by atoms with Crippen LogP contribution in [0.3, 0.4) is 0 Å². The third-order valence-corrected chi connectivity index (χ3v) is 3.57. The molecule has 102 valence electrons. The third kappa shape index (κ3) is 3.20. The molecule has 1 aromatic carbocycles. The van der Waals surface area contributed by atoms with Gasteiger partial charge >= 0.3 is 0 Å². The Morgan fingerprint density at radius 2 is 2.15 bits per heavy atom. The van der Waals surface area contributed by atoms with Crippen LogP contribution in [0.15, 0.2) is 24.3 Å². The first-order chi connectivity index (χ1) is 9.76. The molecule has 0 radical (unpaired) electrons. The lowest BCUT2D eigenvalue weighted by atomic mass is 10.1. The van der Waals surface area contributed by atoms with E-state index in [0.717, 1.165) is 12.8 Å². The highest BCUT2D eigenvalue weighted by Gasteiger charge is 2.28. The molecule has 1 N–H and O–H groups in total. The highest BCUT2D eigenvalue weighted by molar-refractivity contribution is 5.78. The minimum Gasteiger partial charge on any atom is -0.344 e. The summed E-state index contributed by atoms with van der Waals surface area (Å²) < 4.78 is 0. The van der Waals surface area contributed by atoms with Crippen LogP contribution in [0.25, 0.3) is 0 Å². The van der Waals surface area contributed by atoms with Crippen molar-refractivity contribution in [1.29, 1.82) is 0 Å². The van der Waals surface area contributed by atoms with Crippen molar-refractivity contribution in [2.24, 2.45) is 0 Å². The van der Waals surface area contributed by atoms with Crippen LogP contribution in [0.4, 0.5) is 0 Å². The molecule has 0 saturated carbocycles. The summed E-state index contributed by atoms with van der Waals surface area (Å²) >= 11 is 0. The largest absolute Gasteiger partial charge is 0.344 e. The second-order valence-electron chi connectivity index (χ2n) is 4.84. The molecule has 0 heterocycles. The number of fused-ring (bicyclic) bond motifs is 1. The number of carbonyl (C=O) groups is 1. The fraction of sp³-hybridized carbons (Fsp3) is 0.353. The highest BCUT2D eigenvalue weighted by atomic mass is 16.2. The van der Waals surface area contributed by atoms with Crippen LogP contribution in [0, 0.1) is 24.7 Å². The van der Waals surface area contributed by atoms with Gasteiger partial charge in [0, 0.05) is 6.04 Å². The van der Waals surface area contributed by atoms with E-state index >= 15 is 0 Å². The topological polar surface area (TPSA) is 32.3 Å². The summed E-state index contributed by atoms with van der Waals surface area (Å²) in [5.41, 5.74) is 2.64. The van der Waals surface area contributed by atoms with Gasteiger partial charge in [-0.15, -0.1) is 12.8 Å². The fourth-order valence-corrected chi connectivity index (χ4v) is 2.70. The Morgan fingerprint density at radius 1 is 1.35 bits per heavy atom. The van der Waals surface area contributed by atoms with E-state index in [1.807, 2.05) is 17.0 Å². The van der Waals surface area contributed by atoms with Crippen LogP contribution < -0.4 is 5.32 Å². The van der Waals surface area contributed by atoms with Gasteiger partial charge in [0.15, 0.2) is 0 Å². The number of aryl methyl sites for hydroxylation is 1. The van der Waals surface area contributed by atoms with Gasteiger partial charge in [-0.05, 0) is 24.0 Å². The minimum atomic E-state index is -0.0809. The van der Waals surface area contributed by atoms with Crippen molar-refractivity contribution >= 4 is 5.91 Å². The molecule has 1 amide bonds. The average Bonchev–Trinajstić information content (AvgIpc) is 2.88. The number of rotatable bonds is 5. The molecule has 3 heteroatoms. The first-order valence-corrected chi connectivity index (χ1v) is 6.71. The molecule has 1 aliphatic rings. The van der Waals surface area contributed by atoms with E-state index < -0.39 is 0 Å². The first kappa shape index (κ1) is 14.2. The summed E-state index contributed by atoms with van der Waals surface area (Å²) in [5, 5.41) is 2.68. The summed E-state index contributed by atoms with van der Waals surface area (Å²) in [6, 6.07) is 8.56. The number of amides is 1. The van der Waals surface area contributed by atoms with Crippen LogP contribution in [0.5, 0.6) is 0 Å². The molecule has 20 heavy (non-hydrogen) atoms. The molecule has 0 saturated heterocycles. The number of carbonyl (C=O) groups excluding carboxylic acids is 1. The van der Waals surface area contributed by atoms with E-state index in [0.29, 0.717) is 6.54 Å². The van der Waals surface area contributed by atoms with Crippen molar-refractivity contribution in [2.75, 3.05) is 19.6 Å². The van der Waals surface area contributed by atoms with Crippen molar-refractivity contribution in [3.05, 3.63) is 35.4 Å². The number of benzene rings is 1. The quantitative estimate of drug-likeness (QED) is 0.816. The molecular formula is C17H18N2O. The molecule has 1 aromatic rings. The van der Waals surface area contributed by atoms with Gasteiger partial charge in [0.05, 0.1) is 19.6 Å². The number of nitrogens with zero attached hydrogens (tertiary/aromatic N) is 1. The summed E-state index contributed by atoms with van der Waals surface area (Å²) in [4.78, 5) is 13.9. The molecule has 0 fully saturated rings. The molecular weight excluding hydrogens is 248 g/mol. The number of terminal acetylenes is 2. The normalized spacial score (nSPS) is 16.2. The predicted molar refractivity (Wildman–Crippen MR) is 79.8 cm³/mol. The molecule has 1 aliphatic carbocycles. The zero-order valence-electron chi connectivity index (χ0n) is 11.4. The lowest BCUT2D eigenvalue weighted by Crippen LogP contribution is -2.39. The molecule has 0 spiro atoms. The van der Waals surface area contributed by atoms with Crippen molar-refractivity contribution < 1.29 is 4.79 Å². The van der Waals surface area contributed by atoms with Gasteiger partial charge in [0.2, 0.25) is 5.91 Å². The van der Waals surface area contributed by atoms with Crippen molar-refractivity contribution in [1.82, 2.24) is 10.2 Å². The standard InChI is InChI=1S/C17H18N2O/c1-3-11-18-17(20)13-19(12-4-2)16-10-9-14-7-5-6-8-15(14)16/h1-2,5-8,16H,9-13H2,(H,18,20). The number of hydrogen-bond donors (Lipinski definition) is 1. The highest BCUT2D eigenvalue weighted by Crippen LogP contribution is 2.35. The summed E-state index contributed by atoms with van der Waals surface area (Å²) in [5.74, 6) is 4.96. The lowest BCUT2D eigenvalue weighted by Gasteiger charge is -2.27. The summed E-state index contributed by atoms with van der Waals surface area (Å²) in [6.45, 7) is 0.997. The first-order valence-electron chi connectivity index (χ1n) is 6.71. The zero-order valence-corrected chi connectivity index (χ0v) is 11.4. The Hall–Kier alpha value is -2.23. The van der Waals surface area contributed by atoms with E-state index in [-0.39, 0.29) is 25.0 Å². The summed E-state index contributed by atoms with van der Waals surface area (Å²) in [6.07, 6.45) is 12.6. The van der Waals surface area contributed by atoms with Gasteiger partial charge in [-0.2, -0.15) is 0 Å². The van der Waals surface area contributed by atoms with E-state index in [1.165, 1.54) is 11.1 Å². The van der Waals surface area contributed by atoms with Gasteiger partial charge < -0.3 is 5.32 Å². The fourth-order valence-electron chi connectivity index (χ4n) is 2.70. The number of hydrogen-bond acceptors (Lipinski definition) is 2. The molecule has 0 bridgehead atoms. The smallest absolute Gasteiger partial charge is 0.234 e. The zero-order chi connectivity index (χ0) is 14.4. The van der Waals surface area contributed by atoms with Gasteiger partial charge in [0.1, 0.15) is 0 Å². The lowest BCUT2D eigenvalue weighted by molar-refractivity contribution is -0.122. The Balaban J connectivity index is 2.09. The van der Waals surface area contributed by atoms with Gasteiger partial charge in [-0.3, -0.25) is 9.69 Å². The monoisotopic (exact) mass is 266 g/mol. The maximum absolute atomic E-state index is 11.8. The second kappa shape index (κ2) is 6.80. The Kier molecular flexibility index (Phi) is 4.82. The van der Waals surface area contributed by atoms with Crippen LogP contribution in [0.1, 0.15) is 23.6 Å². The Labute approximate surface area is 120 Å². The Bertz CT molecular complexity index is 565. The van der Waals surface area contributed by atoms with Crippen molar-refractivity contribution in [3.8, 4) is 24.7 Å². The Morgan fingerprint density at radius 3 is 2.90 bits per heavy atom. The van der Waals surface area contributed by atoms with E-state index in [4.69, 9.17) is 12.8 Å². The van der Waals surface area contributed by atoms with E-state index in [9.17, 15) is 4.79 Å². The average molecular weight is 266 g/mol. The second-order valence-corrected chi connectivity index (χ2v) is 4.84. The van der Waals surface area contributed by atoms with Crippen LogP contribution >= 0.6 is 0 Å². The SMILES string of the molecule is C#CCNC(=O)CN(CC#C)C1CCc2ccccc21. The van der Waals surface area contributed by atoms with Gasteiger partial charge in [-0.25, -0.2) is 0 Å². The van der Waals surface area contributed by atoms with E-state index in [2.05, 4.69) is 29.3 Å². The molecule has 0 aromatic heterocycles. The molecule has 3 nitrogen and oxygen atoms in total. The number of nitrogens with one attached hydrogen (secondary N) is 1. The third-order valence-electron chi connectivity index (χ3n) is 3.57. The predicted octanol–water partition coefficient (Wildman–Crippen LogP) is 1.36. The van der Waals surface area contributed by atoms with Crippen LogP contribution in [0.2, 0.25) is 0 Å². The maximum atomic E-state index is 11.8. The van der Waals surface area contributed by atoms with Gasteiger partial charge in [0.25, 0.3) is 0 Å². The van der Waals surface area contributed by atoms with Crippen molar-refractivity contribution in [2.45, 2.75) is 18.9 Å². The molecule has 0 aliphatic heterocycles. The maximum Gasteiger partial charge on any atom is 0.234 e. The molecule has 1 unspecified atom stereocenters. The van der Waals surface area contributed by atoms with Crippen LogP contribution in [-0.2, 0) is 11.2 Å². The van der Waals surface area contributed by atoms with Crippen molar-refractivity contribution in [3.63, 3.8) is 0 Å². The molecule has 2 rings (SSSR count). The van der Waals surface area contributed by atoms with Gasteiger partial charge in [-0.1, -0.05) is 36.1 Å². The minimum absolute atomic E-state index is 0.0809. The van der Waals surface area contributed by atoms with E-state index in [1.54, 1.807) is 0 Å².